The molecular formula is C14H10BrClN2. The Balaban J connectivity index is 2.23. The van der Waals surface area contributed by atoms with E-state index in [1.165, 1.54) is 0 Å². The predicted octanol–water partition coefficient (Wildman–Crippen LogP) is 4.35. The van der Waals surface area contributed by atoms with E-state index in [9.17, 15) is 5.26 Å². The van der Waals surface area contributed by atoms with Gasteiger partial charge in [0.1, 0.15) is 0 Å². The maximum Gasteiger partial charge on any atom is 0.0754 e. The molecule has 0 N–H and O–H groups in total. The number of hydrogen-bond donors (Lipinski definition) is 0. The molecule has 2 nitrogen and oxygen atoms in total. The molecule has 1 unspecified atom stereocenters. The van der Waals surface area contributed by atoms with E-state index in [0.29, 0.717) is 11.4 Å². The number of halogens is 2. The van der Waals surface area contributed by atoms with Crippen LogP contribution in [0.25, 0.3) is 0 Å². The molecule has 90 valence electrons. The third-order valence-corrected chi connectivity index (χ3v) is 3.28. The Morgan fingerprint density at radius 2 is 2.17 bits per heavy atom. The maximum atomic E-state index is 9.28. The van der Waals surface area contributed by atoms with Gasteiger partial charge in [0, 0.05) is 21.9 Å². The second-order valence-corrected chi connectivity index (χ2v) is 5.30. The summed E-state index contributed by atoms with van der Waals surface area (Å²) in [6, 6.07) is 11.7. The van der Waals surface area contributed by atoms with E-state index in [4.69, 9.17) is 11.6 Å². The number of rotatable bonds is 3. The molecule has 2 aromatic rings. The first-order valence-electron chi connectivity index (χ1n) is 5.43. The van der Waals surface area contributed by atoms with E-state index in [-0.39, 0.29) is 5.92 Å². The van der Waals surface area contributed by atoms with Crippen molar-refractivity contribution in [1.29, 1.82) is 5.26 Å². The van der Waals surface area contributed by atoms with Crippen LogP contribution in [-0.2, 0) is 6.42 Å². The highest BCUT2D eigenvalue weighted by Gasteiger charge is 2.12. The molecule has 0 fully saturated rings. The first-order valence-corrected chi connectivity index (χ1v) is 6.60. The number of nitriles is 1. The molecule has 1 heterocycles. The Kier molecular flexibility index (Phi) is 4.35. The highest BCUT2D eigenvalue weighted by Crippen LogP contribution is 2.23. The Labute approximate surface area is 119 Å². The summed E-state index contributed by atoms with van der Waals surface area (Å²) in [5.74, 6) is -0.209. The summed E-state index contributed by atoms with van der Waals surface area (Å²) >= 11 is 9.32. The average molecular weight is 322 g/mol. The molecule has 0 aliphatic carbocycles. The van der Waals surface area contributed by atoms with Crippen molar-refractivity contribution in [3.05, 3.63) is 63.3 Å². The zero-order valence-corrected chi connectivity index (χ0v) is 11.8. The standard InChI is InChI=1S/C14H10BrClN2/c15-13-5-10(8-18-9-13)4-12(7-17)11-2-1-3-14(16)6-11/h1-3,5-6,8-9,12H,4H2. The fraction of sp³-hybridized carbons (Fsp3) is 0.143. The Bertz CT molecular complexity index is 592. The van der Waals surface area contributed by atoms with Crippen LogP contribution < -0.4 is 0 Å². The highest BCUT2D eigenvalue weighted by atomic mass is 79.9. The van der Waals surface area contributed by atoms with Crippen LogP contribution in [-0.4, -0.2) is 4.98 Å². The zero-order chi connectivity index (χ0) is 13.0. The molecule has 1 atom stereocenters. The molecular weight excluding hydrogens is 312 g/mol. The lowest BCUT2D eigenvalue weighted by Gasteiger charge is -2.09. The molecule has 1 aromatic carbocycles. The van der Waals surface area contributed by atoms with Gasteiger partial charge in [0.15, 0.2) is 0 Å². The van der Waals surface area contributed by atoms with Gasteiger partial charge in [-0.1, -0.05) is 23.7 Å². The number of hydrogen-bond acceptors (Lipinski definition) is 2. The van der Waals surface area contributed by atoms with Crippen LogP contribution >= 0.6 is 27.5 Å². The van der Waals surface area contributed by atoms with Crippen LogP contribution in [0.1, 0.15) is 17.0 Å². The minimum Gasteiger partial charge on any atom is -0.263 e. The molecule has 0 amide bonds. The van der Waals surface area contributed by atoms with E-state index in [1.54, 1.807) is 18.5 Å². The first-order chi connectivity index (χ1) is 8.69. The van der Waals surface area contributed by atoms with Crippen LogP contribution in [0.15, 0.2) is 47.2 Å². The third kappa shape index (κ3) is 3.32. The lowest BCUT2D eigenvalue weighted by molar-refractivity contribution is 0.843. The minimum atomic E-state index is -0.209. The van der Waals surface area contributed by atoms with Gasteiger partial charge < -0.3 is 0 Å². The van der Waals surface area contributed by atoms with Crippen LogP contribution in [0, 0.1) is 11.3 Å². The molecule has 0 spiro atoms. The van der Waals surface area contributed by atoms with E-state index < -0.39 is 0 Å². The number of nitrogens with zero attached hydrogens (tertiary/aromatic N) is 2. The van der Waals surface area contributed by atoms with Crippen LogP contribution in [0.4, 0.5) is 0 Å². The molecule has 1 aromatic heterocycles. The monoisotopic (exact) mass is 320 g/mol. The Hall–Kier alpha value is -1.37. The van der Waals surface area contributed by atoms with Gasteiger partial charge in [-0.15, -0.1) is 0 Å². The first kappa shape index (κ1) is 13.1. The lowest BCUT2D eigenvalue weighted by atomic mass is 9.94. The number of pyridine rings is 1. The quantitative estimate of drug-likeness (QED) is 0.843. The molecule has 0 saturated heterocycles. The molecule has 2 rings (SSSR count). The average Bonchev–Trinajstić information content (AvgIpc) is 2.36. The summed E-state index contributed by atoms with van der Waals surface area (Å²) < 4.78 is 0.919. The van der Waals surface area contributed by atoms with Crippen LogP contribution in [0.5, 0.6) is 0 Å². The predicted molar refractivity (Wildman–Crippen MR) is 75.4 cm³/mol. The van der Waals surface area contributed by atoms with E-state index in [0.717, 1.165) is 15.6 Å². The molecule has 0 bridgehead atoms. The molecule has 0 radical (unpaired) electrons. The van der Waals surface area contributed by atoms with Crippen molar-refractivity contribution in [2.24, 2.45) is 0 Å². The topological polar surface area (TPSA) is 36.7 Å². The van der Waals surface area contributed by atoms with Crippen molar-refractivity contribution in [3.63, 3.8) is 0 Å². The van der Waals surface area contributed by atoms with Gasteiger partial charge >= 0.3 is 0 Å². The summed E-state index contributed by atoms with van der Waals surface area (Å²) in [6.07, 6.45) is 4.13. The fourth-order valence-corrected chi connectivity index (χ4v) is 2.38. The van der Waals surface area contributed by atoms with Gasteiger partial charge in [0.2, 0.25) is 0 Å². The number of aromatic nitrogens is 1. The second-order valence-electron chi connectivity index (χ2n) is 3.95. The van der Waals surface area contributed by atoms with Crippen molar-refractivity contribution in [2.45, 2.75) is 12.3 Å². The van der Waals surface area contributed by atoms with Crippen molar-refractivity contribution in [3.8, 4) is 6.07 Å². The normalized spacial score (nSPS) is 11.8. The van der Waals surface area contributed by atoms with Crippen LogP contribution in [0.3, 0.4) is 0 Å². The van der Waals surface area contributed by atoms with Crippen molar-refractivity contribution >= 4 is 27.5 Å². The van der Waals surface area contributed by atoms with Gasteiger partial charge in [-0.25, -0.2) is 0 Å². The van der Waals surface area contributed by atoms with Crippen molar-refractivity contribution in [2.75, 3.05) is 0 Å². The van der Waals surface area contributed by atoms with Gasteiger partial charge in [0.25, 0.3) is 0 Å². The molecule has 18 heavy (non-hydrogen) atoms. The summed E-state index contributed by atoms with van der Waals surface area (Å²) in [7, 11) is 0. The fourth-order valence-electron chi connectivity index (χ4n) is 1.76. The van der Waals surface area contributed by atoms with E-state index in [2.05, 4.69) is 27.0 Å². The minimum absolute atomic E-state index is 0.209. The smallest absolute Gasteiger partial charge is 0.0754 e. The number of benzene rings is 1. The zero-order valence-electron chi connectivity index (χ0n) is 9.48. The highest BCUT2D eigenvalue weighted by molar-refractivity contribution is 9.10. The van der Waals surface area contributed by atoms with E-state index >= 15 is 0 Å². The summed E-state index contributed by atoms with van der Waals surface area (Å²) in [6.45, 7) is 0. The van der Waals surface area contributed by atoms with E-state index in [1.807, 2.05) is 24.3 Å². The SMILES string of the molecule is N#CC(Cc1cncc(Br)c1)c1cccc(Cl)c1. The molecule has 0 saturated carbocycles. The third-order valence-electron chi connectivity index (χ3n) is 2.61. The lowest BCUT2D eigenvalue weighted by Crippen LogP contribution is -2.01. The van der Waals surface area contributed by atoms with Crippen molar-refractivity contribution in [1.82, 2.24) is 4.98 Å². The maximum absolute atomic E-state index is 9.28. The van der Waals surface area contributed by atoms with Gasteiger partial charge in [0.05, 0.1) is 12.0 Å². The second kappa shape index (κ2) is 5.99. The van der Waals surface area contributed by atoms with Crippen LogP contribution in [0.2, 0.25) is 5.02 Å². The van der Waals surface area contributed by atoms with Gasteiger partial charge in [-0.05, 0) is 51.7 Å². The molecule has 4 heteroatoms. The van der Waals surface area contributed by atoms with Gasteiger partial charge in [-0.2, -0.15) is 5.26 Å². The molecule has 0 aliphatic heterocycles. The largest absolute Gasteiger partial charge is 0.263 e. The molecule has 0 aliphatic rings. The summed E-state index contributed by atoms with van der Waals surface area (Å²) in [5, 5.41) is 9.93. The van der Waals surface area contributed by atoms with Crippen molar-refractivity contribution < 1.29 is 0 Å². The van der Waals surface area contributed by atoms with Gasteiger partial charge in [-0.3, -0.25) is 4.98 Å². The Morgan fingerprint density at radius 3 is 2.83 bits per heavy atom. The Morgan fingerprint density at radius 1 is 1.33 bits per heavy atom. The summed E-state index contributed by atoms with van der Waals surface area (Å²) in [5.41, 5.74) is 1.96. The summed E-state index contributed by atoms with van der Waals surface area (Å²) in [4.78, 5) is 4.10.